The molecule has 8 nitrogen and oxygen atoms in total. The number of carbonyl (C=O) groups is 4. The van der Waals surface area contributed by atoms with Gasteiger partial charge in [-0.05, 0) is 6.92 Å². The molecule has 0 aromatic heterocycles. The Labute approximate surface area is 110 Å². The highest BCUT2D eigenvalue weighted by molar-refractivity contribution is 5.95. The van der Waals surface area contributed by atoms with E-state index in [-0.39, 0.29) is 25.4 Å². The van der Waals surface area contributed by atoms with Crippen molar-refractivity contribution in [3.05, 3.63) is 0 Å². The Morgan fingerprint density at radius 2 is 1.42 bits per heavy atom. The zero-order chi connectivity index (χ0) is 14.8. The Bertz CT molecular complexity index is 355. The van der Waals surface area contributed by atoms with Crippen molar-refractivity contribution >= 4 is 23.8 Å². The molecule has 0 saturated carbocycles. The number of esters is 2. The van der Waals surface area contributed by atoms with Crippen LogP contribution >= 0.6 is 0 Å². The lowest BCUT2D eigenvalue weighted by Gasteiger charge is -2.14. The highest BCUT2D eigenvalue weighted by Crippen LogP contribution is 1.89. The second-order valence-electron chi connectivity index (χ2n) is 3.78. The molecule has 2 N–H and O–H groups in total. The number of hydrogen-bond donors (Lipinski definition) is 2. The van der Waals surface area contributed by atoms with E-state index in [1.54, 1.807) is 6.92 Å². The standard InChI is InChI=1S/C11H18N2O6/c1-7(13-9(15)5-11(17)19-3)6-12-8(14)4-10(16)18-2/h7H,4-6H2,1-3H3,(H,12,14)(H,13,15). The van der Waals surface area contributed by atoms with Crippen molar-refractivity contribution in [1.82, 2.24) is 10.6 Å². The molecule has 0 spiro atoms. The van der Waals surface area contributed by atoms with E-state index in [0.29, 0.717) is 0 Å². The molecule has 0 rings (SSSR count). The molecule has 108 valence electrons. The molecule has 1 unspecified atom stereocenters. The molecule has 0 saturated heterocycles. The molecular formula is C11H18N2O6. The van der Waals surface area contributed by atoms with Gasteiger partial charge in [0.1, 0.15) is 12.8 Å². The number of methoxy groups -OCH3 is 2. The molecule has 0 aliphatic rings. The van der Waals surface area contributed by atoms with Crippen LogP contribution in [0.25, 0.3) is 0 Å². The van der Waals surface area contributed by atoms with E-state index in [1.807, 2.05) is 0 Å². The lowest BCUT2D eigenvalue weighted by molar-refractivity contribution is -0.145. The maximum atomic E-state index is 11.3. The fourth-order valence-corrected chi connectivity index (χ4v) is 1.11. The molecule has 0 aliphatic heterocycles. The minimum Gasteiger partial charge on any atom is -0.469 e. The molecule has 0 heterocycles. The SMILES string of the molecule is COC(=O)CC(=O)NCC(C)NC(=O)CC(=O)OC. The fraction of sp³-hybridized carbons (Fsp3) is 0.636. The van der Waals surface area contributed by atoms with Gasteiger partial charge in [-0.3, -0.25) is 19.2 Å². The van der Waals surface area contributed by atoms with Gasteiger partial charge in [0.25, 0.3) is 0 Å². The van der Waals surface area contributed by atoms with E-state index in [4.69, 9.17) is 0 Å². The molecule has 0 aliphatic carbocycles. The Morgan fingerprint density at radius 3 is 1.89 bits per heavy atom. The maximum Gasteiger partial charge on any atom is 0.315 e. The molecule has 1 atom stereocenters. The average molecular weight is 274 g/mol. The van der Waals surface area contributed by atoms with Crippen molar-refractivity contribution < 1.29 is 28.7 Å². The predicted molar refractivity (Wildman–Crippen MR) is 63.9 cm³/mol. The normalized spacial score (nSPS) is 11.1. The van der Waals surface area contributed by atoms with E-state index < -0.39 is 23.8 Å². The summed E-state index contributed by atoms with van der Waals surface area (Å²) in [5.74, 6) is -2.28. The lowest BCUT2D eigenvalue weighted by atomic mass is 10.3. The highest BCUT2D eigenvalue weighted by atomic mass is 16.5. The first kappa shape index (κ1) is 16.9. The smallest absolute Gasteiger partial charge is 0.315 e. The Morgan fingerprint density at radius 1 is 0.947 bits per heavy atom. The number of carbonyl (C=O) groups excluding carboxylic acids is 4. The van der Waals surface area contributed by atoms with Crippen LogP contribution in [-0.2, 0) is 28.7 Å². The van der Waals surface area contributed by atoms with Crippen LogP contribution in [0.2, 0.25) is 0 Å². The summed E-state index contributed by atoms with van der Waals surface area (Å²) in [5, 5.41) is 4.95. The van der Waals surface area contributed by atoms with Gasteiger partial charge in [0.15, 0.2) is 0 Å². The number of ether oxygens (including phenoxy) is 2. The van der Waals surface area contributed by atoms with Crippen molar-refractivity contribution in [2.24, 2.45) is 0 Å². The van der Waals surface area contributed by atoms with Gasteiger partial charge < -0.3 is 20.1 Å². The summed E-state index contributed by atoms with van der Waals surface area (Å²) in [6.07, 6.45) is -0.754. The molecule has 0 aromatic carbocycles. The summed E-state index contributed by atoms with van der Waals surface area (Å²) in [7, 11) is 2.37. The molecule has 0 aromatic rings. The molecule has 19 heavy (non-hydrogen) atoms. The maximum absolute atomic E-state index is 11.3. The molecule has 0 fully saturated rings. The predicted octanol–water partition coefficient (Wildman–Crippen LogP) is -1.27. The van der Waals surface area contributed by atoms with Crippen LogP contribution < -0.4 is 10.6 Å². The van der Waals surface area contributed by atoms with E-state index >= 15 is 0 Å². The Balaban J connectivity index is 3.89. The first-order valence-electron chi connectivity index (χ1n) is 5.58. The van der Waals surface area contributed by atoms with Gasteiger partial charge >= 0.3 is 11.9 Å². The average Bonchev–Trinajstić information content (AvgIpc) is 2.35. The molecule has 0 radical (unpaired) electrons. The summed E-state index contributed by atoms with van der Waals surface area (Å²) < 4.78 is 8.66. The van der Waals surface area contributed by atoms with E-state index in [9.17, 15) is 19.2 Å². The topological polar surface area (TPSA) is 111 Å². The van der Waals surface area contributed by atoms with Crippen LogP contribution in [0.15, 0.2) is 0 Å². The monoisotopic (exact) mass is 274 g/mol. The van der Waals surface area contributed by atoms with Crippen LogP contribution in [0.5, 0.6) is 0 Å². The largest absolute Gasteiger partial charge is 0.469 e. The van der Waals surface area contributed by atoms with Crippen LogP contribution in [0, 0.1) is 0 Å². The number of hydrogen-bond acceptors (Lipinski definition) is 6. The number of rotatable bonds is 7. The third-order valence-electron chi connectivity index (χ3n) is 2.08. The molecule has 0 bridgehead atoms. The molecule has 8 heteroatoms. The van der Waals surface area contributed by atoms with Gasteiger partial charge in [-0.15, -0.1) is 0 Å². The van der Waals surface area contributed by atoms with Crippen molar-refractivity contribution in [2.75, 3.05) is 20.8 Å². The second kappa shape index (κ2) is 8.90. The summed E-state index contributed by atoms with van der Waals surface area (Å²) in [5.41, 5.74) is 0. The van der Waals surface area contributed by atoms with Crippen LogP contribution in [0.1, 0.15) is 19.8 Å². The van der Waals surface area contributed by atoms with Crippen molar-refractivity contribution in [3.63, 3.8) is 0 Å². The van der Waals surface area contributed by atoms with Crippen LogP contribution in [0.4, 0.5) is 0 Å². The third-order valence-corrected chi connectivity index (χ3v) is 2.08. The lowest BCUT2D eigenvalue weighted by Crippen LogP contribution is -2.42. The fourth-order valence-electron chi connectivity index (χ4n) is 1.11. The molecular weight excluding hydrogens is 256 g/mol. The van der Waals surface area contributed by atoms with Crippen molar-refractivity contribution in [1.29, 1.82) is 0 Å². The molecule has 2 amide bonds. The summed E-state index contributed by atoms with van der Waals surface area (Å²) in [6.45, 7) is 1.79. The third kappa shape index (κ3) is 8.58. The Hall–Kier alpha value is -2.12. The van der Waals surface area contributed by atoms with Gasteiger partial charge in [-0.2, -0.15) is 0 Å². The second-order valence-corrected chi connectivity index (χ2v) is 3.78. The minimum absolute atomic E-state index is 0.142. The van der Waals surface area contributed by atoms with Gasteiger partial charge in [-0.25, -0.2) is 0 Å². The first-order valence-corrected chi connectivity index (χ1v) is 5.58. The first-order chi connectivity index (χ1) is 8.88. The van der Waals surface area contributed by atoms with Crippen molar-refractivity contribution in [2.45, 2.75) is 25.8 Å². The van der Waals surface area contributed by atoms with Gasteiger partial charge in [0.2, 0.25) is 11.8 Å². The minimum atomic E-state index is -0.639. The summed E-state index contributed by atoms with van der Waals surface area (Å²) in [4.78, 5) is 44.1. The summed E-state index contributed by atoms with van der Waals surface area (Å²) in [6, 6.07) is -0.376. The quantitative estimate of drug-likeness (QED) is 0.442. The van der Waals surface area contributed by atoms with Gasteiger partial charge in [0, 0.05) is 12.6 Å². The van der Waals surface area contributed by atoms with E-state index in [0.717, 1.165) is 0 Å². The van der Waals surface area contributed by atoms with E-state index in [2.05, 4.69) is 20.1 Å². The Kier molecular flexibility index (Phi) is 7.90. The number of nitrogens with one attached hydrogen (secondary N) is 2. The summed E-state index contributed by atoms with van der Waals surface area (Å²) >= 11 is 0. The number of amides is 2. The highest BCUT2D eigenvalue weighted by Gasteiger charge is 2.14. The van der Waals surface area contributed by atoms with E-state index in [1.165, 1.54) is 14.2 Å². The van der Waals surface area contributed by atoms with Gasteiger partial charge in [0.05, 0.1) is 14.2 Å². The van der Waals surface area contributed by atoms with Crippen LogP contribution in [0.3, 0.4) is 0 Å². The van der Waals surface area contributed by atoms with Crippen molar-refractivity contribution in [3.8, 4) is 0 Å². The zero-order valence-electron chi connectivity index (χ0n) is 11.1. The van der Waals surface area contributed by atoms with Gasteiger partial charge in [-0.1, -0.05) is 0 Å². The zero-order valence-corrected chi connectivity index (χ0v) is 11.1. The van der Waals surface area contributed by atoms with Crippen LogP contribution in [-0.4, -0.2) is 50.6 Å².